The number of anilines is 1. The van der Waals surface area contributed by atoms with Gasteiger partial charge in [-0.3, -0.25) is 19.7 Å². The van der Waals surface area contributed by atoms with Crippen LogP contribution in [0.5, 0.6) is 0 Å². The molecule has 2 amide bonds. The number of rotatable bonds is 2. The van der Waals surface area contributed by atoms with Crippen molar-refractivity contribution in [2.75, 3.05) is 4.90 Å². The van der Waals surface area contributed by atoms with Crippen LogP contribution in [0.1, 0.15) is 63.1 Å². The molecule has 1 saturated heterocycles. The second-order valence-corrected chi connectivity index (χ2v) is 11.4. The monoisotopic (exact) mass is 471 g/mol. The second-order valence-electron chi connectivity index (χ2n) is 11.4. The highest BCUT2D eigenvalue weighted by Crippen LogP contribution is 2.60. The molecule has 5 atom stereocenters. The third-order valence-corrected chi connectivity index (χ3v) is 8.71. The van der Waals surface area contributed by atoms with Crippen LogP contribution in [0.15, 0.2) is 48.5 Å². The van der Waals surface area contributed by atoms with E-state index in [1.165, 1.54) is 34.7 Å². The van der Waals surface area contributed by atoms with E-state index in [-0.39, 0.29) is 34.8 Å². The number of nitrogens with zero attached hydrogens (tertiary/aromatic N) is 2. The maximum Gasteiger partial charge on any atom is 0.269 e. The fourth-order valence-electron chi connectivity index (χ4n) is 6.98. The van der Waals surface area contributed by atoms with E-state index in [9.17, 15) is 19.7 Å². The zero-order valence-corrected chi connectivity index (χ0v) is 20.2. The van der Waals surface area contributed by atoms with E-state index >= 15 is 0 Å². The molecule has 6 rings (SSSR count). The molecule has 1 N–H and O–H groups in total. The lowest BCUT2D eigenvalue weighted by Gasteiger charge is -2.47. The van der Waals surface area contributed by atoms with Gasteiger partial charge in [-0.05, 0) is 66.2 Å². The number of para-hydroxylation sites is 1. The summed E-state index contributed by atoms with van der Waals surface area (Å²) in [5.41, 5.74) is 3.56. The van der Waals surface area contributed by atoms with Gasteiger partial charge in [0.25, 0.3) is 5.69 Å². The number of carbonyl (C=O) groups is 2. The normalized spacial score (nSPS) is 28.1. The van der Waals surface area contributed by atoms with Crippen molar-refractivity contribution in [2.45, 2.75) is 51.9 Å². The minimum atomic E-state index is -0.555. The molecule has 180 valence electrons. The topological polar surface area (TPSA) is 96.3 Å². The maximum atomic E-state index is 14.0. The Morgan fingerprint density at radius 2 is 1.71 bits per heavy atom. The van der Waals surface area contributed by atoms with Crippen LogP contribution in [0, 0.1) is 33.3 Å². The highest BCUT2D eigenvalue weighted by Gasteiger charge is 2.59. The Balaban J connectivity index is 1.49. The van der Waals surface area contributed by atoms with Crippen molar-refractivity contribution in [1.29, 1.82) is 0 Å². The molecule has 2 heterocycles. The van der Waals surface area contributed by atoms with Crippen molar-refractivity contribution < 1.29 is 14.5 Å². The molecule has 1 aliphatic heterocycles. The molecule has 0 bridgehead atoms. The molecule has 3 aromatic rings. The second kappa shape index (κ2) is 7.51. The largest absolute Gasteiger partial charge is 0.357 e. The number of fused-ring (bicyclic) bond motifs is 8. The van der Waals surface area contributed by atoms with Gasteiger partial charge in [0.2, 0.25) is 11.8 Å². The number of hydrogen-bond donors (Lipinski definition) is 1. The SMILES string of the molecule is CC(C)(C)[C@@H]1CC[C@H]2c3c([nH]c4ccccc34)[C@H]3C(=O)N(c4ccc([N+](=O)[O-])cc4)C(=O)[C@@H]3[C@@H]2C1. The van der Waals surface area contributed by atoms with E-state index in [0.717, 1.165) is 35.9 Å². The number of nitrogens with one attached hydrogen (secondary N) is 1. The molecule has 2 aliphatic carbocycles. The summed E-state index contributed by atoms with van der Waals surface area (Å²) in [6.45, 7) is 6.79. The number of amides is 2. The summed E-state index contributed by atoms with van der Waals surface area (Å²) in [6, 6.07) is 13.9. The van der Waals surface area contributed by atoms with Crippen LogP contribution in [0.2, 0.25) is 0 Å². The van der Waals surface area contributed by atoms with Crippen molar-refractivity contribution in [3.63, 3.8) is 0 Å². The third-order valence-electron chi connectivity index (χ3n) is 8.71. The summed E-state index contributed by atoms with van der Waals surface area (Å²) in [7, 11) is 0. The van der Waals surface area contributed by atoms with Gasteiger partial charge < -0.3 is 4.98 Å². The van der Waals surface area contributed by atoms with Crippen molar-refractivity contribution in [2.24, 2.45) is 23.2 Å². The highest BCUT2D eigenvalue weighted by atomic mass is 16.6. The molecule has 3 aliphatic rings. The predicted molar refractivity (Wildman–Crippen MR) is 133 cm³/mol. The van der Waals surface area contributed by atoms with Crippen molar-refractivity contribution in [3.05, 3.63) is 69.9 Å². The van der Waals surface area contributed by atoms with Gasteiger partial charge >= 0.3 is 0 Å². The van der Waals surface area contributed by atoms with E-state index in [1.54, 1.807) is 0 Å². The summed E-state index contributed by atoms with van der Waals surface area (Å²) in [4.78, 5) is 43.3. The molecule has 0 unspecified atom stereocenters. The molecule has 7 heteroatoms. The van der Waals surface area contributed by atoms with Crippen LogP contribution in [-0.2, 0) is 9.59 Å². The van der Waals surface area contributed by atoms with Crippen molar-refractivity contribution in [3.8, 4) is 0 Å². The van der Waals surface area contributed by atoms with Crippen molar-refractivity contribution in [1.82, 2.24) is 4.98 Å². The number of H-pyrrole nitrogens is 1. The van der Waals surface area contributed by atoms with Gasteiger partial charge in [0.1, 0.15) is 0 Å². The predicted octanol–water partition coefficient (Wildman–Crippen LogP) is 5.91. The molecule has 7 nitrogen and oxygen atoms in total. The smallest absolute Gasteiger partial charge is 0.269 e. The average molecular weight is 472 g/mol. The van der Waals surface area contributed by atoms with Crippen molar-refractivity contribution >= 4 is 34.1 Å². The standard InChI is InChI=1S/C28H29N3O4/c1-28(2,3)15-8-13-18-20(14-15)23-24(25-22(18)19-6-4-5-7-21(19)29-25)27(33)30(26(23)32)16-9-11-17(12-10-16)31(34)35/h4-7,9-12,15,18,20,23-24,29H,8,13-14H2,1-3H3/t15-,18-,20-,23-,24+/m1/s1. The molecule has 35 heavy (non-hydrogen) atoms. The summed E-state index contributed by atoms with van der Waals surface area (Å²) in [5, 5.41) is 12.3. The summed E-state index contributed by atoms with van der Waals surface area (Å²) >= 11 is 0. The van der Waals surface area contributed by atoms with Crippen LogP contribution in [0.4, 0.5) is 11.4 Å². The first-order valence-electron chi connectivity index (χ1n) is 12.4. The lowest BCUT2D eigenvalue weighted by molar-refractivity contribution is -0.384. The number of aromatic nitrogens is 1. The molecular weight excluding hydrogens is 442 g/mol. The lowest BCUT2D eigenvalue weighted by Crippen LogP contribution is -2.41. The number of carbonyl (C=O) groups excluding carboxylic acids is 2. The van der Waals surface area contributed by atoms with Crippen LogP contribution in [0.3, 0.4) is 0 Å². The number of nitro groups is 1. The fraction of sp³-hybridized carbons (Fsp3) is 0.429. The Kier molecular flexibility index (Phi) is 4.72. The van der Waals surface area contributed by atoms with Crippen LogP contribution >= 0.6 is 0 Å². The Morgan fingerprint density at radius 1 is 1.00 bits per heavy atom. The van der Waals surface area contributed by atoms with Crippen LogP contribution in [-0.4, -0.2) is 21.7 Å². The number of hydrogen-bond acceptors (Lipinski definition) is 4. The van der Waals surface area contributed by atoms with Gasteiger partial charge in [0, 0.05) is 28.7 Å². The molecule has 0 spiro atoms. The Bertz CT molecular complexity index is 1370. The summed E-state index contributed by atoms with van der Waals surface area (Å²) < 4.78 is 0. The minimum absolute atomic E-state index is 0.0662. The summed E-state index contributed by atoms with van der Waals surface area (Å²) in [5.74, 6) is -0.597. The van der Waals surface area contributed by atoms with Crippen LogP contribution < -0.4 is 4.90 Å². The average Bonchev–Trinajstić information content (AvgIpc) is 3.33. The van der Waals surface area contributed by atoms with Gasteiger partial charge in [0.15, 0.2) is 0 Å². The van der Waals surface area contributed by atoms with E-state index in [2.05, 4.69) is 31.8 Å². The first kappa shape index (κ1) is 22.0. The first-order chi connectivity index (χ1) is 16.7. The third kappa shape index (κ3) is 3.17. The Labute approximate surface area is 203 Å². The number of nitro benzene ring substituents is 1. The molecule has 1 saturated carbocycles. The molecule has 1 aromatic heterocycles. The van der Waals surface area contributed by atoms with Gasteiger partial charge in [-0.15, -0.1) is 0 Å². The van der Waals surface area contributed by atoms with Gasteiger partial charge in [0.05, 0.1) is 22.4 Å². The molecule has 0 radical (unpaired) electrons. The van der Waals surface area contributed by atoms with Gasteiger partial charge in [-0.2, -0.15) is 0 Å². The highest BCUT2D eigenvalue weighted by molar-refractivity contribution is 6.24. The number of aromatic amines is 1. The van der Waals surface area contributed by atoms with E-state index in [1.807, 2.05) is 18.2 Å². The number of imide groups is 1. The molecule has 2 aromatic carbocycles. The molecule has 2 fully saturated rings. The van der Waals surface area contributed by atoms with Crippen LogP contribution in [0.25, 0.3) is 10.9 Å². The summed E-state index contributed by atoms with van der Waals surface area (Å²) in [6.07, 6.45) is 3.03. The van der Waals surface area contributed by atoms with E-state index in [0.29, 0.717) is 11.6 Å². The first-order valence-corrected chi connectivity index (χ1v) is 12.4. The quantitative estimate of drug-likeness (QED) is 0.285. The number of benzene rings is 2. The zero-order valence-electron chi connectivity index (χ0n) is 20.2. The van der Waals surface area contributed by atoms with Gasteiger partial charge in [-0.25, -0.2) is 4.90 Å². The van der Waals surface area contributed by atoms with Gasteiger partial charge in [-0.1, -0.05) is 39.0 Å². The fourth-order valence-corrected chi connectivity index (χ4v) is 6.98. The lowest BCUT2D eigenvalue weighted by atomic mass is 9.56. The Morgan fingerprint density at radius 3 is 2.40 bits per heavy atom. The van der Waals surface area contributed by atoms with E-state index < -0.39 is 16.8 Å². The Hall–Kier alpha value is -3.48. The number of non-ortho nitro benzene ring substituents is 1. The van der Waals surface area contributed by atoms with E-state index in [4.69, 9.17) is 0 Å². The molecular formula is C28H29N3O4. The minimum Gasteiger partial charge on any atom is -0.357 e. The maximum absolute atomic E-state index is 14.0. The zero-order chi connectivity index (χ0) is 24.6.